The van der Waals surface area contributed by atoms with Crippen molar-refractivity contribution in [1.29, 1.82) is 0 Å². The van der Waals surface area contributed by atoms with Gasteiger partial charge in [-0.15, -0.1) is 0 Å². The van der Waals surface area contributed by atoms with Gasteiger partial charge in [-0.25, -0.2) is 0 Å². The van der Waals surface area contributed by atoms with Gasteiger partial charge in [-0.3, -0.25) is 9.59 Å². The van der Waals surface area contributed by atoms with Gasteiger partial charge in [0, 0.05) is 6.04 Å². The summed E-state index contributed by atoms with van der Waals surface area (Å²) in [6, 6.07) is -0.120. The highest BCUT2D eigenvalue weighted by atomic mass is 16.2. The molecule has 1 aliphatic heterocycles. The second-order valence-electron chi connectivity index (χ2n) is 6.89. The van der Waals surface area contributed by atoms with Crippen LogP contribution in [0.15, 0.2) is 0 Å². The fourth-order valence-electron chi connectivity index (χ4n) is 3.66. The Labute approximate surface area is 122 Å². The molecule has 0 radical (unpaired) electrons. The fraction of sp³-hybridized carbons (Fsp3) is 0.875. The largest absolute Gasteiger partial charge is 0.342 e. The van der Waals surface area contributed by atoms with Gasteiger partial charge in [0.05, 0.1) is 6.54 Å². The Bertz CT molecular complexity index is 361. The van der Waals surface area contributed by atoms with E-state index in [1.165, 1.54) is 19.3 Å². The number of nitrogens with zero attached hydrogens (tertiary/aromatic N) is 1. The van der Waals surface area contributed by atoms with Crippen LogP contribution < -0.4 is 5.32 Å². The summed E-state index contributed by atoms with van der Waals surface area (Å²) in [5, 5.41) is 2.94. The first-order valence-electron chi connectivity index (χ1n) is 8.09. The first-order chi connectivity index (χ1) is 9.49. The molecule has 0 aromatic rings. The smallest absolute Gasteiger partial charge is 0.246 e. The van der Waals surface area contributed by atoms with E-state index in [0.717, 1.165) is 19.3 Å². The SMILES string of the molecule is CC(C)CC(C)N1CC(=O)NC(C2CCCCC2)C1=O. The van der Waals surface area contributed by atoms with E-state index in [-0.39, 0.29) is 30.4 Å². The highest BCUT2D eigenvalue weighted by Crippen LogP contribution is 2.29. The molecular weight excluding hydrogens is 252 g/mol. The van der Waals surface area contributed by atoms with Gasteiger partial charge in [-0.05, 0) is 38.0 Å². The summed E-state index contributed by atoms with van der Waals surface area (Å²) in [4.78, 5) is 26.5. The van der Waals surface area contributed by atoms with E-state index in [0.29, 0.717) is 11.8 Å². The number of piperazine rings is 1. The molecule has 0 spiro atoms. The maximum absolute atomic E-state index is 12.7. The zero-order valence-corrected chi connectivity index (χ0v) is 13.0. The van der Waals surface area contributed by atoms with Gasteiger partial charge >= 0.3 is 0 Å². The van der Waals surface area contributed by atoms with Crippen molar-refractivity contribution in [2.45, 2.75) is 71.4 Å². The van der Waals surface area contributed by atoms with E-state index >= 15 is 0 Å². The highest BCUT2D eigenvalue weighted by molar-refractivity contribution is 5.95. The number of amides is 2. The molecule has 2 atom stereocenters. The predicted octanol–water partition coefficient (Wildman–Crippen LogP) is 2.33. The molecule has 2 aliphatic rings. The van der Waals surface area contributed by atoms with Gasteiger partial charge in [0.15, 0.2) is 0 Å². The molecule has 1 saturated carbocycles. The van der Waals surface area contributed by atoms with Crippen molar-refractivity contribution in [1.82, 2.24) is 10.2 Å². The van der Waals surface area contributed by atoms with Gasteiger partial charge in [-0.1, -0.05) is 33.1 Å². The topological polar surface area (TPSA) is 49.4 Å². The molecule has 1 heterocycles. The lowest BCUT2D eigenvalue weighted by molar-refractivity contribution is -0.148. The van der Waals surface area contributed by atoms with E-state index in [1.54, 1.807) is 4.90 Å². The van der Waals surface area contributed by atoms with E-state index in [2.05, 4.69) is 26.1 Å². The van der Waals surface area contributed by atoms with Gasteiger partial charge in [0.1, 0.15) is 6.04 Å². The Morgan fingerprint density at radius 3 is 2.40 bits per heavy atom. The van der Waals surface area contributed by atoms with Crippen molar-refractivity contribution in [2.24, 2.45) is 11.8 Å². The molecule has 2 unspecified atom stereocenters. The molecular formula is C16H28N2O2. The molecule has 1 saturated heterocycles. The van der Waals surface area contributed by atoms with Crippen molar-refractivity contribution in [2.75, 3.05) is 6.54 Å². The van der Waals surface area contributed by atoms with Crippen LogP contribution in [0, 0.1) is 11.8 Å². The van der Waals surface area contributed by atoms with E-state index in [1.807, 2.05) is 0 Å². The summed E-state index contributed by atoms with van der Waals surface area (Å²) in [6.45, 7) is 6.61. The normalized spacial score (nSPS) is 26.8. The second kappa shape index (κ2) is 6.59. The van der Waals surface area contributed by atoms with Crippen molar-refractivity contribution < 1.29 is 9.59 Å². The first kappa shape index (κ1) is 15.3. The number of hydrogen-bond donors (Lipinski definition) is 1. The Hall–Kier alpha value is -1.06. The molecule has 2 fully saturated rings. The van der Waals surface area contributed by atoms with E-state index in [9.17, 15) is 9.59 Å². The van der Waals surface area contributed by atoms with Crippen LogP contribution in [0.2, 0.25) is 0 Å². The number of hydrogen-bond acceptors (Lipinski definition) is 2. The molecule has 1 aliphatic carbocycles. The maximum Gasteiger partial charge on any atom is 0.246 e. The van der Waals surface area contributed by atoms with Gasteiger partial charge in [-0.2, -0.15) is 0 Å². The highest BCUT2D eigenvalue weighted by Gasteiger charge is 2.39. The summed E-state index contributed by atoms with van der Waals surface area (Å²) >= 11 is 0. The monoisotopic (exact) mass is 280 g/mol. The van der Waals surface area contributed by atoms with Crippen LogP contribution in [-0.2, 0) is 9.59 Å². The molecule has 0 aromatic heterocycles. The number of carbonyl (C=O) groups is 2. The molecule has 4 nitrogen and oxygen atoms in total. The Kier molecular flexibility index (Phi) is 5.06. The summed E-state index contributed by atoms with van der Waals surface area (Å²) < 4.78 is 0. The van der Waals surface area contributed by atoms with Gasteiger partial charge < -0.3 is 10.2 Å². The third-order valence-corrected chi connectivity index (χ3v) is 4.65. The van der Waals surface area contributed by atoms with Crippen molar-refractivity contribution >= 4 is 11.8 Å². The molecule has 2 amide bonds. The third-order valence-electron chi connectivity index (χ3n) is 4.65. The minimum atomic E-state index is -0.272. The summed E-state index contributed by atoms with van der Waals surface area (Å²) in [6.07, 6.45) is 6.74. The Morgan fingerprint density at radius 1 is 1.15 bits per heavy atom. The molecule has 20 heavy (non-hydrogen) atoms. The number of nitrogens with one attached hydrogen (secondary N) is 1. The molecule has 0 bridgehead atoms. The standard InChI is InChI=1S/C16H28N2O2/c1-11(2)9-12(3)18-10-14(19)17-15(16(18)20)13-7-5-4-6-8-13/h11-13,15H,4-10H2,1-3H3,(H,17,19). The van der Waals surface area contributed by atoms with Crippen LogP contribution in [0.3, 0.4) is 0 Å². The summed E-state index contributed by atoms with van der Waals surface area (Å²) in [5.74, 6) is 1.03. The van der Waals surface area contributed by atoms with Crippen LogP contribution in [0.5, 0.6) is 0 Å². The predicted molar refractivity (Wildman–Crippen MR) is 79.1 cm³/mol. The second-order valence-corrected chi connectivity index (χ2v) is 6.89. The van der Waals surface area contributed by atoms with Crippen LogP contribution in [0.4, 0.5) is 0 Å². The molecule has 4 heteroatoms. The first-order valence-corrected chi connectivity index (χ1v) is 8.09. The molecule has 2 rings (SSSR count). The minimum absolute atomic E-state index is 0.00998. The molecule has 0 aromatic carbocycles. The number of rotatable bonds is 4. The lowest BCUT2D eigenvalue weighted by Crippen LogP contribution is -2.62. The van der Waals surface area contributed by atoms with Crippen LogP contribution in [0.1, 0.15) is 59.3 Å². The average Bonchev–Trinajstić information content (AvgIpc) is 2.41. The van der Waals surface area contributed by atoms with E-state index < -0.39 is 0 Å². The molecule has 1 N–H and O–H groups in total. The lowest BCUT2D eigenvalue weighted by atomic mass is 9.82. The maximum atomic E-state index is 12.7. The van der Waals surface area contributed by atoms with Gasteiger partial charge in [0.25, 0.3) is 0 Å². The summed E-state index contributed by atoms with van der Waals surface area (Å²) in [7, 11) is 0. The number of carbonyl (C=O) groups excluding carboxylic acids is 2. The Morgan fingerprint density at radius 2 is 1.80 bits per heavy atom. The van der Waals surface area contributed by atoms with Crippen LogP contribution >= 0.6 is 0 Å². The van der Waals surface area contributed by atoms with Crippen molar-refractivity contribution in [3.8, 4) is 0 Å². The lowest BCUT2D eigenvalue weighted by Gasteiger charge is -2.40. The van der Waals surface area contributed by atoms with E-state index in [4.69, 9.17) is 0 Å². The average molecular weight is 280 g/mol. The fourth-order valence-corrected chi connectivity index (χ4v) is 3.66. The van der Waals surface area contributed by atoms with Gasteiger partial charge in [0.2, 0.25) is 11.8 Å². The zero-order valence-electron chi connectivity index (χ0n) is 13.0. The molecule has 114 valence electrons. The van der Waals surface area contributed by atoms with Crippen molar-refractivity contribution in [3.63, 3.8) is 0 Å². The zero-order chi connectivity index (χ0) is 14.7. The third kappa shape index (κ3) is 3.53. The summed E-state index contributed by atoms with van der Waals surface area (Å²) in [5.41, 5.74) is 0. The van der Waals surface area contributed by atoms with Crippen molar-refractivity contribution in [3.05, 3.63) is 0 Å². The quantitative estimate of drug-likeness (QED) is 0.859. The van der Waals surface area contributed by atoms with Crippen LogP contribution in [-0.4, -0.2) is 35.3 Å². The van der Waals surface area contributed by atoms with Crippen LogP contribution in [0.25, 0.3) is 0 Å². The Balaban J connectivity index is 2.06. The minimum Gasteiger partial charge on any atom is -0.342 e.